The van der Waals surface area contributed by atoms with Gasteiger partial charge in [0.2, 0.25) is 0 Å². The molecule has 2 aliphatic rings. The summed E-state index contributed by atoms with van der Waals surface area (Å²) in [5.41, 5.74) is 3.05. The van der Waals surface area contributed by atoms with E-state index in [2.05, 4.69) is 9.88 Å². The number of carboxylic acids is 1. The van der Waals surface area contributed by atoms with Crippen LogP contribution in [0.15, 0.2) is 18.2 Å². The minimum absolute atomic E-state index is 0.421. The van der Waals surface area contributed by atoms with Gasteiger partial charge in [-0.25, -0.2) is 0 Å². The molecule has 110 valence electrons. The number of H-pyrrole nitrogens is 1. The predicted molar refractivity (Wildman–Crippen MR) is 78.8 cm³/mol. The number of hydrogen-bond donors (Lipinski definition) is 2. The average molecular weight is 286 g/mol. The second-order valence-corrected chi connectivity index (χ2v) is 5.94. The summed E-state index contributed by atoms with van der Waals surface area (Å²) in [4.78, 5) is 17.2. The molecule has 2 bridgehead atoms. The molecule has 0 spiro atoms. The molecule has 21 heavy (non-hydrogen) atoms. The molecule has 1 saturated heterocycles. The number of piperidine rings is 1. The smallest absolute Gasteiger partial charge is 0.327 e. The van der Waals surface area contributed by atoms with Gasteiger partial charge in [-0.3, -0.25) is 9.69 Å². The zero-order valence-electron chi connectivity index (χ0n) is 11.9. The van der Waals surface area contributed by atoms with Crippen LogP contribution >= 0.6 is 0 Å². The van der Waals surface area contributed by atoms with Crippen LogP contribution in [0.2, 0.25) is 0 Å². The van der Waals surface area contributed by atoms with E-state index >= 15 is 0 Å². The number of aromatic nitrogens is 1. The normalized spacial score (nSPS) is 27.4. The molecule has 3 atom stereocenters. The van der Waals surface area contributed by atoms with Gasteiger partial charge < -0.3 is 14.8 Å². The van der Waals surface area contributed by atoms with E-state index in [-0.39, 0.29) is 0 Å². The molecule has 0 saturated carbocycles. The molecule has 2 aromatic rings. The molecule has 0 radical (unpaired) electrons. The minimum atomic E-state index is -0.768. The number of rotatable bonds is 2. The Hall–Kier alpha value is -2.01. The minimum Gasteiger partial charge on any atom is -0.497 e. The predicted octanol–water partition coefficient (Wildman–Crippen LogP) is 2.50. The van der Waals surface area contributed by atoms with Gasteiger partial charge >= 0.3 is 5.97 Å². The number of nitrogens with zero attached hydrogens (tertiary/aromatic N) is 1. The number of hydrogen-bond acceptors (Lipinski definition) is 3. The van der Waals surface area contributed by atoms with Crippen molar-refractivity contribution in [2.24, 2.45) is 0 Å². The van der Waals surface area contributed by atoms with Crippen LogP contribution in [0.5, 0.6) is 5.75 Å². The van der Waals surface area contributed by atoms with E-state index < -0.39 is 12.0 Å². The third-order valence-corrected chi connectivity index (χ3v) is 4.81. The van der Waals surface area contributed by atoms with Crippen molar-refractivity contribution in [3.05, 3.63) is 29.5 Å². The van der Waals surface area contributed by atoms with E-state index in [1.165, 1.54) is 5.56 Å². The second-order valence-electron chi connectivity index (χ2n) is 5.94. The first kappa shape index (κ1) is 12.7. The van der Waals surface area contributed by atoms with Crippen molar-refractivity contribution < 1.29 is 14.6 Å². The van der Waals surface area contributed by atoms with E-state index in [1.807, 2.05) is 18.2 Å². The Labute approximate surface area is 122 Å². The van der Waals surface area contributed by atoms with Gasteiger partial charge in [-0.15, -0.1) is 0 Å². The van der Waals surface area contributed by atoms with Crippen LogP contribution in [-0.2, 0) is 4.79 Å². The first-order chi connectivity index (χ1) is 10.2. The van der Waals surface area contributed by atoms with Gasteiger partial charge in [-0.1, -0.05) is 0 Å². The van der Waals surface area contributed by atoms with E-state index in [9.17, 15) is 9.90 Å². The molecule has 5 heteroatoms. The Balaban J connectivity index is 1.97. The molecule has 1 fully saturated rings. The maximum atomic E-state index is 11.7. The SMILES string of the molecule is COc1ccc2[nH]c3c(c2c1)[C@H]1CCCN(C1)[C@@H]3C(=O)O. The van der Waals surface area contributed by atoms with Gasteiger partial charge in [0.05, 0.1) is 7.11 Å². The number of nitrogens with one attached hydrogen (secondary N) is 1. The van der Waals surface area contributed by atoms with Crippen molar-refractivity contribution in [3.8, 4) is 5.75 Å². The Morgan fingerprint density at radius 1 is 1.48 bits per heavy atom. The summed E-state index contributed by atoms with van der Waals surface area (Å²) in [7, 11) is 1.66. The summed E-state index contributed by atoms with van der Waals surface area (Å²) in [5, 5.41) is 10.7. The fourth-order valence-electron chi connectivity index (χ4n) is 3.93. The van der Waals surface area contributed by atoms with Crippen molar-refractivity contribution in [1.82, 2.24) is 9.88 Å². The quantitative estimate of drug-likeness (QED) is 0.890. The lowest BCUT2D eigenvalue weighted by atomic mass is 9.82. The molecule has 3 heterocycles. The molecular weight excluding hydrogens is 268 g/mol. The molecule has 2 aliphatic heterocycles. The largest absolute Gasteiger partial charge is 0.497 e. The molecule has 1 unspecified atom stereocenters. The van der Waals surface area contributed by atoms with Crippen molar-refractivity contribution in [2.45, 2.75) is 24.8 Å². The standard InChI is InChI=1S/C16H18N2O3/c1-21-10-4-5-12-11(7-10)13-9-3-2-6-18(8-9)15(16(19)20)14(13)17-12/h4-5,7,9,15,17H,2-3,6,8H2,1H3,(H,19,20)/t9-,15-/m0/s1. The van der Waals surface area contributed by atoms with E-state index in [4.69, 9.17) is 4.74 Å². The highest BCUT2D eigenvalue weighted by atomic mass is 16.5. The van der Waals surface area contributed by atoms with Gasteiger partial charge in [-0.05, 0) is 49.1 Å². The molecule has 1 aromatic heterocycles. The molecule has 0 amide bonds. The maximum absolute atomic E-state index is 11.7. The third-order valence-electron chi connectivity index (χ3n) is 4.81. The van der Waals surface area contributed by atoms with Crippen LogP contribution in [0.3, 0.4) is 0 Å². The fraction of sp³-hybridized carbons (Fsp3) is 0.438. The Bertz CT molecular complexity index is 722. The number of aromatic amines is 1. The lowest BCUT2D eigenvalue weighted by Gasteiger charge is -2.41. The summed E-state index contributed by atoms with van der Waals surface area (Å²) in [6.07, 6.45) is 2.19. The van der Waals surface area contributed by atoms with Crippen molar-refractivity contribution in [2.75, 3.05) is 20.2 Å². The van der Waals surface area contributed by atoms with E-state index in [1.54, 1.807) is 7.11 Å². The van der Waals surface area contributed by atoms with Gasteiger partial charge in [-0.2, -0.15) is 0 Å². The molecule has 2 N–H and O–H groups in total. The maximum Gasteiger partial charge on any atom is 0.327 e. The fourth-order valence-corrected chi connectivity index (χ4v) is 3.93. The van der Waals surface area contributed by atoms with E-state index in [0.29, 0.717) is 5.92 Å². The molecule has 4 rings (SSSR count). The number of fused-ring (bicyclic) bond motifs is 6. The van der Waals surface area contributed by atoms with Crippen molar-refractivity contribution in [1.29, 1.82) is 0 Å². The highest BCUT2D eigenvalue weighted by Gasteiger charge is 2.41. The molecule has 0 aliphatic carbocycles. The van der Waals surface area contributed by atoms with Crippen molar-refractivity contribution >= 4 is 16.9 Å². The summed E-state index contributed by atoms with van der Waals surface area (Å²) >= 11 is 0. The van der Waals surface area contributed by atoms with Crippen LogP contribution in [0.1, 0.15) is 36.1 Å². The van der Waals surface area contributed by atoms with Crippen LogP contribution in [-0.4, -0.2) is 41.2 Å². The van der Waals surface area contributed by atoms with Gasteiger partial charge in [0, 0.05) is 23.1 Å². The lowest BCUT2D eigenvalue weighted by Crippen LogP contribution is -2.44. The number of carboxylic acid groups (broad SMARTS) is 1. The number of methoxy groups -OCH3 is 1. The summed E-state index contributed by atoms with van der Waals surface area (Å²) < 4.78 is 5.32. The highest BCUT2D eigenvalue weighted by molar-refractivity contribution is 5.90. The van der Waals surface area contributed by atoms with Crippen LogP contribution < -0.4 is 4.74 Å². The van der Waals surface area contributed by atoms with Crippen LogP contribution in [0, 0.1) is 0 Å². The number of carbonyl (C=O) groups is 1. The molecular formula is C16H18N2O3. The Morgan fingerprint density at radius 3 is 3.10 bits per heavy atom. The number of benzene rings is 1. The number of ether oxygens (including phenoxy) is 1. The first-order valence-corrected chi connectivity index (χ1v) is 7.35. The van der Waals surface area contributed by atoms with Crippen LogP contribution in [0.25, 0.3) is 10.9 Å². The number of aliphatic carboxylic acids is 1. The second kappa shape index (κ2) is 4.49. The monoisotopic (exact) mass is 286 g/mol. The zero-order valence-corrected chi connectivity index (χ0v) is 11.9. The summed E-state index contributed by atoms with van der Waals surface area (Å²) in [6.45, 7) is 1.71. The molecule has 5 nitrogen and oxygen atoms in total. The Morgan fingerprint density at radius 2 is 2.33 bits per heavy atom. The van der Waals surface area contributed by atoms with Crippen molar-refractivity contribution in [3.63, 3.8) is 0 Å². The summed E-state index contributed by atoms with van der Waals surface area (Å²) in [5.74, 6) is 0.467. The third kappa shape index (κ3) is 1.77. The van der Waals surface area contributed by atoms with Gasteiger partial charge in [0.15, 0.2) is 0 Å². The summed E-state index contributed by atoms with van der Waals surface area (Å²) in [6, 6.07) is 5.36. The topological polar surface area (TPSA) is 65.6 Å². The Kier molecular flexibility index (Phi) is 2.72. The average Bonchev–Trinajstić information content (AvgIpc) is 2.85. The van der Waals surface area contributed by atoms with E-state index in [0.717, 1.165) is 48.3 Å². The highest BCUT2D eigenvalue weighted by Crippen LogP contribution is 2.45. The first-order valence-electron chi connectivity index (χ1n) is 7.35. The molecule has 1 aromatic carbocycles. The van der Waals surface area contributed by atoms with Crippen LogP contribution in [0.4, 0.5) is 0 Å². The van der Waals surface area contributed by atoms with Gasteiger partial charge in [0.25, 0.3) is 0 Å². The zero-order chi connectivity index (χ0) is 14.6. The van der Waals surface area contributed by atoms with Gasteiger partial charge in [0.1, 0.15) is 11.8 Å². The lowest BCUT2D eigenvalue weighted by molar-refractivity contribution is -0.144.